The topological polar surface area (TPSA) is 46.6 Å². The zero-order valence-corrected chi connectivity index (χ0v) is 12.2. The van der Waals surface area contributed by atoms with E-state index in [2.05, 4.69) is 0 Å². The number of benzene rings is 1. The summed E-state index contributed by atoms with van der Waals surface area (Å²) < 4.78 is 31.0. The number of nitrogens with zero attached hydrogens (tertiary/aromatic N) is 1. The van der Waals surface area contributed by atoms with Gasteiger partial charge in [0.1, 0.15) is 0 Å². The van der Waals surface area contributed by atoms with Gasteiger partial charge < -0.3 is 4.74 Å². The molecule has 0 radical (unpaired) electrons. The summed E-state index contributed by atoms with van der Waals surface area (Å²) in [4.78, 5) is 0.286. The number of alkyl halides is 1. The number of methoxy groups -OCH3 is 1. The van der Waals surface area contributed by atoms with Crippen LogP contribution in [-0.4, -0.2) is 45.4 Å². The molecule has 0 aliphatic rings. The molecule has 0 bridgehead atoms. The predicted molar refractivity (Wildman–Crippen MR) is 72.5 cm³/mol. The van der Waals surface area contributed by atoms with Crippen molar-refractivity contribution in [1.82, 2.24) is 4.31 Å². The van der Waals surface area contributed by atoms with Crippen molar-refractivity contribution in [2.75, 3.05) is 32.7 Å². The monoisotopic (exact) mass is 291 g/mol. The predicted octanol–water partition coefficient (Wildman–Crippen LogP) is 1.87. The van der Waals surface area contributed by atoms with Crippen molar-refractivity contribution in [3.8, 4) is 0 Å². The number of sulfonamides is 1. The van der Waals surface area contributed by atoms with E-state index in [-0.39, 0.29) is 17.3 Å². The Balaban J connectivity index is 2.96. The van der Waals surface area contributed by atoms with Gasteiger partial charge in [0.15, 0.2) is 0 Å². The highest BCUT2D eigenvalue weighted by Gasteiger charge is 2.23. The number of hydrogen-bond donors (Lipinski definition) is 0. The van der Waals surface area contributed by atoms with Crippen LogP contribution in [0.1, 0.15) is 5.56 Å². The van der Waals surface area contributed by atoms with Gasteiger partial charge in [-0.15, -0.1) is 11.6 Å². The van der Waals surface area contributed by atoms with Crippen LogP contribution in [0.3, 0.4) is 0 Å². The summed E-state index contributed by atoms with van der Waals surface area (Å²) in [6.07, 6.45) is 0. The highest BCUT2D eigenvalue weighted by molar-refractivity contribution is 7.89. The number of aryl methyl sites for hydroxylation is 1. The fourth-order valence-electron chi connectivity index (χ4n) is 1.50. The zero-order valence-electron chi connectivity index (χ0n) is 10.6. The van der Waals surface area contributed by atoms with Gasteiger partial charge in [-0.3, -0.25) is 0 Å². The Labute approximate surface area is 114 Å². The van der Waals surface area contributed by atoms with E-state index in [9.17, 15) is 8.42 Å². The number of rotatable bonds is 7. The Hall–Kier alpha value is -0.620. The molecule has 0 N–H and O–H groups in total. The quantitative estimate of drug-likeness (QED) is 0.721. The second-order valence-electron chi connectivity index (χ2n) is 3.90. The number of hydrogen-bond acceptors (Lipinski definition) is 3. The molecule has 0 saturated heterocycles. The molecule has 0 aliphatic heterocycles. The van der Waals surface area contributed by atoms with Crippen LogP contribution in [0.5, 0.6) is 0 Å². The summed E-state index contributed by atoms with van der Waals surface area (Å²) in [7, 11) is -1.94. The van der Waals surface area contributed by atoms with Crippen LogP contribution in [0.15, 0.2) is 29.2 Å². The van der Waals surface area contributed by atoms with Crippen LogP contribution in [0.4, 0.5) is 0 Å². The van der Waals surface area contributed by atoms with E-state index in [0.717, 1.165) is 5.56 Å². The molecule has 102 valence electrons. The standard InChI is InChI=1S/C12H18ClNO3S/c1-11-3-5-12(6-4-11)18(15,16)14(8-7-13)9-10-17-2/h3-6H,7-10H2,1-2H3. The molecule has 0 atom stereocenters. The highest BCUT2D eigenvalue weighted by atomic mass is 35.5. The third-order valence-electron chi connectivity index (χ3n) is 2.54. The van der Waals surface area contributed by atoms with Gasteiger partial charge in [0.25, 0.3) is 0 Å². The lowest BCUT2D eigenvalue weighted by Gasteiger charge is -2.20. The second kappa shape index (κ2) is 7.09. The molecule has 0 heterocycles. The van der Waals surface area contributed by atoms with Gasteiger partial charge in [-0.05, 0) is 19.1 Å². The average Bonchev–Trinajstić information content (AvgIpc) is 2.35. The van der Waals surface area contributed by atoms with Crippen molar-refractivity contribution in [3.63, 3.8) is 0 Å². The number of ether oxygens (including phenoxy) is 1. The van der Waals surface area contributed by atoms with E-state index in [0.29, 0.717) is 13.2 Å². The maximum atomic E-state index is 12.4. The summed E-state index contributed by atoms with van der Waals surface area (Å²) in [6, 6.07) is 6.78. The summed E-state index contributed by atoms with van der Waals surface area (Å²) in [6.45, 7) is 2.85. The largest absolute Gasteiger partial charge is 0.383 e. The lowest BCUT2D eigenvalue weighted by molar-refractivity contribution is 0.180. The first-order valence-electron chi connectivity index (χ1n) is 5.64. The molecule has 18 heavy (non-hydrogen) atoms. The van der Waals surface area contributed by atoms with Gasteiger partial charge in [-0.2, -0.15) is 4.31 Å². The van der Waals surface area contributed by atoms with Crippen LogP contribution in [0.25, 0.3) is 0 Å². The lowest BCUT2D eigenvalue weighted by atomic mass is 10.2. The minimum atomic E-state index is -3.48. The Morgan fingerprint density at radius 2 is 1.83 bits per heavy atom. The molecule has 6 heteroatoms. The molecular formula is C12H18ClNO3S. The van der Waals surface area contributed by atoms with Gasteiger partial charge in [0, 0.05) is 26.1 Å². The van der Waals surface area contributed by atoms with Gasteiger partial charge in [0.2, 0.25) is 10.0 Å². The smallest absolute Gasteiger partial charge is 0.243 e. The molecule has 0 aromatic heterocycles. The van der Waals surface area contributed by atoms with Gasteiger partial charge >= 0.3 is 0 Å². The molecular weight excluding hydrogens is 274 g/mol. The third kappa shape index (κ3) is 3.95. The van der Waals surface area contributed by atoms with E-state index >= 15 is 0 Å². The second-order valence-corrected chi connectivity index (χ2v) is 6.21. The maximum absolute atomic E-state index is 12.4. The Morgan fingerprint density at radius 3 is 2.33 bits per heavy atom. The van der Waals surface area contributed by atoms with Gasteiger partial charge in [-0.25, -0.2) is 8.42 Å². The number of halogens is 1. The van der Waals surface area contributed by atoms with Gasteiger partial charge in [0.05, 0.1) is 11.5 Å². The summed E-state index contributed by atoms with van der Waals surface area (Å²) in [5, 5.41) is 0. The maximum Gasteiger partial charge on any atom is 0.243 e. The van der Waals surface area contributed by atoms with Crippen molar-refractivity contribution in [2.45, 2.75) is 11.8 Å². The molecule has 0 aliphatic carbocycles. The molecule has 1 rings (SSSR count). The lowest BCUT2D eigenvalue weighted by Crippen LogP contribution is -2.35. The van der Waals surface area contributed by atoms with Crippen LogP contribution in [0.2, 0.25) is 0 Å². The minimum Gasteiger partial charge on any atom is -0.383 e. The first kappa shape index (κ1) is 15.4. The average molecular weight is 292 g/mol. The fourth-order valence-corrected chi connectivity index (χ4v) is 3.23. The van der Waals surface area contributed by atoms with E-state index in [1.54, 1.807) is 24.3 Å². The van der Waals surface area contributed by atoms with Crippen molar-refractivity contribution < 1.29 is 13.2 Å². The first-order chi connectivity index (χ1) is 8.52. The van der Waals surface area contributed by atoms with E-state index in [4.69, 9.17) is 16.3 Å². The minimum absolute atomic E-state index is 0.259. The molecule has 1 aromatic carbocycles. The van der Waals surface area contributed by atoms with E-state index in [1.165, 1.54) is 11.4 Å². The first-order valence-corrected chi connectivity index (χ1v) is 7.61. The molecule has 1 aromatic rings. The Bertz CT molecular complexity index is 459. The summed E-state index contributed by atoms with van der Waals surface area (Å²) in [5.74, 6) is 0.259. The molecule has 0 amide bonds. The molecule has 0 unspecified atom stereocenters. The summed E-state index contributed by atoms with van der Waals surface area (Å²) >= 11 is 5.65. The molecule has 4 nitrogen and oxygen atoms in total. The Morgan fingerprint density at radius 1 is 1.22 bits per heavy atom. The van der Waals surface area contributed by atoms with Crippen LogP contribution >= 0.6 is 11.6 Å². The Kier molecular flexibility index (Phi) is 6.08. The fraction of sp³-hybridized carbons (Fsp3) is 0.500. The zero-order chi connectivity index (χ0) is 13.6. The summed E-state index contributed by atoms with van der Waals surface area (Å²) in [5.41, 5.74) is 1.02. The molecule has 0 fully saturated rings. The SMILES string of the molecule is COCCN(CCCl)S(=O)(=O)c1ccc(C)cc1. The van der Waals surface area contributed by atoms with E-state index in [1.807, 2.05) is 6.92 Å². The molecule has 0 spiro atoms. The molecule has 0 saturated carbocycles. The van der Waals surface area contributed by atoms with Crippen molar-refractivity contribution >= 4 is 21.6 Å². The van der Waals surface area contributed by atoms with Crippen LogP contribution in [0, 0.1) is 6.92 Å². The van der Waals surface area contributed by atoms with Crippen molar-refractivity contribution in [3.05, 3.63) is 29.8 Å². The third-order valence-corrected chi connectivity index (χ3v) is 4.62. The van der Waals surface area contributed by atoms with Crippen LogP contribution < -0.4 is 0 Å². The van der Waals surface area contributed by atoms with Crippen LogP contribution in [-0.2, 0) is 14.8 Å². The normalized spacial score (nSPS) is 12.0. The van der Waals surface area contributed by atoms with Crippen molar-refractivity contribution in [1.29, 1.82) is 0 Å². The van der Waals surface area contributed by atoms with Gasteiger partial charge in [-0.1, -0.05) is 17.7 Å². The highest BCUT2D eigenvalue weighted by Crippen LogP contribution is 2.16. The van der Waals surface area contributed by atoms with E-state index < -0.39 is 10.0 Å². The van der Waals surface area contributed by atoms with Crippen molar-refractivity contribution in [2.24, 2.45) is 0 Å².